The number of aromatic nitrogens is 1. The summed E-state index contributed by atoms with van der Waals surface area (Å²) in [5.41, 5.74) is 6.26. The summed E-state index contributed by atoms with van der Waals surface area (Å²) in [7, 11) is 0. The van der Waals surface area contributed by atoms with Gasteiger partial charge in [-0.3, -0.25) is 4.79 Å². The number of aliphatic hydroxyl groups is 1. The van der Waals surface area contributed by atoms with Gasteiger partial charge in [0.05, 0.1) is 12.7 Å². The second kappa shape index (κ2) is 3.96. The highest BCUT2D eigenvalue weighted by Crippen LogP contribution is 2.29. The van der Waals surface area contributed by atoms with Gasteiger partial charge in [0.1, 0.15) is 11.9 Å². The van der Waals surface area contributed by atoms with E-state index >= 15 is 0 Å². The van der Waals surface area contributed by atoms with Gasteiger partial charge in [0.2, 0.25) is 0 Å². The Kier molecular flexibility index (Phi) is 2.66. The molecule has 5 heteroatoms. The van der Waals surface area contributed by atoms with Crippen molar-refractivity contribution in [2.24, 2.45) is 0 Å². The SMILES string of the molecule is Nc1ccc(C2CC(=O)C(CO)O2)cn1. The van der Waals surface area contributed by atoms with Crippen LogP contribution < -0.4 is 5.73 Å². The van der Waals surface area contributed by atoms with Crippen molar-refractivity contribution in [2.45, 2.75) is 18.6 Å². The standard InChI is InChI=1S/C10H12N2O3/c11-10-2-1-6(4-12-10)8-3-7(14)9(5-13)15-8/h1-2,4,8-9,13H,3,5H2,(H2,11,12). The first-order chi connectivity index (χ1) is 7.20. The number of hydrogen-bond donors (Lipinski definition) is 2. The Morgan fingerprint density at radius 3 is 2.93 bits per heavy atom. The Morgan fingerprint density at radius 2 is 2.40 bits per heavy atom. The van der Waals surface area contributed by atoms with Gasteiger partial charge in [-0.05, 0) is 11.6 Å². The molecule has 0 aliphatic carbocycles. The number of ketones is 1. The molecule has 0 saturated carbocycles. The van der Waals surface area contributed by atoms with Crippen LogP contribution in [-0.2, 0) is 9.53 Å². The number of aliphatic hydroxyl groups excluding tert-OH is 1. The van der Waals surface area contributed by atoms with E-state index in [0.29, 0.717) is 5.82 Å². The summed E-state index contributed by atoms with van der Waals surface area (Å²) in [6.07, 6.45) is 0.888. The summed E-state index contributed by atoms with van der Waals surface area (Å²) < 4.78 is 5.37. The molecule has 2 heterocycles. The van der Waals surface area contributed by atoms with Crippen molar-refractivity contribution in [1.29, 1.82) is 0 Å². The normalized spacial score (nSPS) is 25.8. The highest BCUT2D eigenvalue weighted by Gasteiger charge is 2.33. The van der Waals surface area contributed by atoms with E-state index in [-0.39, 0.29) is 24.9 Å². The number of nitrogen functional groups attached to an aromatic ring is 1. The van der Waals surface area contributed by atoms with Gasteiger partial charge in [-0.15, -0.1) is 0 Å². The van der Waals surface area contributed by atoms with Crippen molar-refractivity contribution in [2.75, 3.05) is 12.3 Å². The maximum Gasteiger partial charge on any atom is 0.166 e. The molecule has 1 fully saturated rings. The van der Waals surface area contributed by atoms with Crippen LogP contribution >= 0.6 is 0 Å². The average Bonchev–Trinajstić information content (AvgIpc) is 2.61. The number of Topliss-reactive ketones (excluding diaryl/α,β-unsaturated/α-hetero) is 1. The summed E-state index contributed by atoms with van der Waals surface area (Å²) in [5, 5.41) is 8.86. The number of ether oxygens (including phenoxy) is 1. The molecule has 0 aromatic carbocycles. The number of rotatable bonds is 2. The van der Waals surface area contributed by atoms with Crippen LogP contribution in [-0.4, -0.2) is 28.6 Å². The lowest BCUT2D eigenvalue weighted by Gasteiger charge is -2.10. The molecule has 2 atom stereocenters. The molecule has 15 heavy (non-hydrogen) atoms. The molecule has 0 bridgehead atoms. The van der Waals surface area contributed by atoms with Crippen LogP contribution in [0.15, 0.2) is 18.3 Å². The smallest absolute Gasteiger partial charge is 0.166 e. The van der Waals surface area contributed by atoms with Gasteiger partial charge in [-0.1, -0.05) is 6.07 Å². The van der Waals surface area contributed by atoms with E-state index < -0.39 is 6.10 Å². The number of hydrogen-bond acceptors (Lipinski definition) is 5. The van der Waals surface area contributed by atoms with Gasteiger partial charge >= 0.3 is 0 Å². The first-order valence-corrected chi connectivity index (χ1v) is 4.71. The van der Waals surface area contributed by atoms with Crippen molar-refractivity contribution in [1.82, 2.24) is 4.98 Å². The van der Waals surface area contributed by atoms with Crippen LogP contribution in [0.4, 0.5) is 5.82 Å². The van der Waals surface area contributed by atoms with Crippen LogP contribution in [0.1, 0.15) is 18.1 Å². The van der Waals surface area contributed by atoms with Gasteiger partial charge in [0.25, 0.3) is 0 Å². The van der Waals surface area contributed by atoms with Gasteiger partial charge in [0.15, 0.2) is 5.78 Å². The number of carbonyl (C=O) groups excluding carboxylic acids is 1. The molecule has 1 saturated heterocycles. The lowest BCUT2D eigenvalue weighted by Crippen LogP contribution is -2.19. The molecule has 5 nitrogen and oxygen atoms in total. The first-order valence-electron chi connectivity index (χ1n) is 4.71. The van der Waals surface area contributed by atoms with E-state index in [9.17, 15) is 4.79 Å². The fourth-order valence-corrected chi connectivity index (χ4v) is 1.58. The summed E-state index contributed by atoms with van der Waals surface area (Å²) in [6, 6.07) is 3.44. The van der Waals surface area contributed by atoms with Gasteiger partial charge in [-0.2, -0.15) is 0 Å². The number of anilines is 1. The van der Waals surface area contributed by atoms with E-state index in [4.69, 9.17) is 15.6 Å². The first kappa shape index (κ1) is 10.1. The highest BCUT2D eigenvalue weighted by molar-refractivity contribution is 5.85. The van der Waals surface area contributed by atoms with Crippen LogP contribution in [0.2, 0.25) is 0 Å². The fourth-order valence-electron chi connectivity index (χ4n) is 1.58. The van der Waals surface area contributed by atoms with Crippen LogP contribution in [0.5, 0.6) is 0 Å². The zero-order valence-electron chi connectivity index (χ0n) is 8.09. The maximum atomic E-state index is 11.3. The van der Waals surface area contributed by atoms with Crippen LogP contribution in [0, 0.1) is 0 Å². The Bertz CT molecular complexity index is 363. The number of carbonyl (C=O) groups is 1. The Morgan fingerprint density at radius 1 is 1.60 bits per heavy atom. The van der Waals surface area contributed by atoms with E-state index in [1.54, 1.807) is 18.3 Å². The van der Waals surface area contributed by atoms with E-state index in [2.05, 4.69) is 4.98 Å². The largest absolute Gasteiger partial charge is 0.393 e. The lowest BCUT2D eigenvalue weighted by atomic mass is 10.1. The summed E-state index contributed by atoms with van der Waals surface area (Å²) in [4.78, 5) is 15.2. The zero-order valence-corrected chi connectivity index (χ0v) is 8.09. The number of nitrogens with two attached hydrogens (primary N) is 1. The molecule has 2 rings (SSSR count). The molecule has 1 aromatic rings. The minimum atomic E-state index is -0.687. The topological polar surface area (TPSA) is 85.4 Å². The summed E-state index contributed by atoms with van der Waals surface area (Å²) in [6.45, 7) is -0.266. The van der Waals surface area contributed by atoms with Crippen molar-refractivity contribution < 1.29 is 14.6 Å². The second-order valence-electron chi connectivity index (χ2n) is 3.48. The number of pyridine rings is 1. The lowest BCUT2D eigenvalue weighted by molar-refractivity contribution is -0.124. The fraction of sp³-hybridized carbons (Fsp3) is 0.400. The molecule has 0 spiro atoms. The quantitative estimate of drug-likeness (QED) is 0.717. The second-order valence-corrected chi connectivity index (χ2v) is 3.48. The molecule has 1 aliphatic heterocycles. The number of nitrogens with zero attached hydrogens (tertiary/aromatic N) is 1. The molecule has 3 N–H and O–H groups in total. The highest BCUT2D eigenvalue weighted by atomic mass is 16.5. The summed E-state index contributed by atoms with van der Waals surface area (Å²) >= 11 is 0. The molecule has 80 valence electrons. The molecule has 0 amide bonds. The van der Waals surface area contributed by atoms with Crippen molar-refractivity contribution >= 4 is 11.6 Å². The van der Waals surface area contributed by atoms with Crippen LogP contribution in [0.3, 0.4) is 0 Å². The third-order valence-electron chi connectivity index (χ3n) is 2.42. The Balaban J connectivity index is 2.13. The molecule has 1 aromatic heterocycles. The van der Waals surface area contributed by atoms with E-state index in [1.807, 2.05) is 0 Å². The Hall–Kier alpha value is -1.46. The monoisotopic (exact) mass is 208 g/mol. The summed E-state index contributed by atoms with van der Waals surface area (Å²) in [5.74, 6) is 0.362. The minimum Gasteiger partial charge on any atom is -0.393 e. The van der Waals surface area contributed by atoms with Gasteiger partial charge < -0.3 is 15.6 Å². The van der Waals surface area contributed by atoms with Crippen molar-refractivity contribution in [3.05, 3.63) is 23.9 Å². The van der Waals surface area contributed by atoms with Gasteiger partial charge in [0, 0.05) is 12.6 Å². The predicted molar refractivity (Wildman–Crippen MR) is 53.0 cm³/mol. The van der Waals surface area contributed by atoms with Crippen molar-refractivity contribution in [3.8, 4) is 0 Å². The van der Waals surface area contributed by atoms with Gasteiger partial charge in [-0.25, -0.2) is 4.98 Å². The van der Waals surface area contributed by atoms with E-state index in [0.717, 1.165) is 5.56 Å². The molecule has 2 unspecified atom stereocenters. The third kappa shape index (κ3) is 1.98. The molecular weight excluding hydrogens is 196 g/mol. The average molecular weight is 208 g/mol. The maximum absolute atomic E-state index is 11.3. The predicted octanol–water partition coefficient (Wildman–Crippen LogP) is 0.0552. The van der Waals surface area contributed by atoms with E-state index in [1.165, 1.54) is 0 Å². The third-order valence-corrected chi connectivity index (χ3v) is 2.42. The molecule has 1 aliphatic rings. The zero-order chi connectivity index (χ0) is 10.8. The molecular formula is C10H12N2O3. The molecule has 0 radical (unpaired) electrons. The van der Waals surface area contributed by atoms with Crippen LogP contribution in [0.25, 0.3) is 0 Å². The minimum absolute atomic E-state index is 0.0701. The Labute approximate surface area is 86.9 Å². The van der Waals surface area contributed by atoms with Crippen molar-refractivity contribution in [3.63, 3.8) is 0 Å².